The lowest BCUT2D eigenvalue weighted by Crippen LogP contribution is -2.44. The van der Waals surface area contributed by atoms with Crippen molar-refractivity contribution in [3.05, 3.63) is 40.9 Å². The fraction of sp³-hybridized carbons (Fsp3) is 0.357. The van der Waals surface area contributed by atoms with Crippen LogP contribution in [0.25, 0.3) is 32.5 Å². The lowest BCUT2D eigenvalue weighted by Gasteiger charge is -2.33. The van der Waals surface area contributed by atoms with Crippen molar-refractivity contribution in [2.24, 2.45) is 0 Å². The Bertz CT molecular complexity index is 1510. The number of fused-ring (bicyclic) bond motifs is 5. The molecule has 1 atom stereocenters. The van der Waals surface area contributed by atoms with Crippen molar-refractivity contribution >= 4 is 49.7 Å². The Balaban J connectivity index is 0.00000137. The van der Waals surface area contributed by atoms with Gasteiger partial charge in [-0.1, -0.05) is 19.8 Å². The van der Waals surface area contributed by atoms with Crippen molar-refractivity contribution in [2.45, 2.75) is 26.8 Å². The van der Waals surface area contributed by atoms with E-state index >= 15 is 0 Å². The molecular formula is C28H31N7OS. The van der Waals surface area contributed by atoms with Crippen LogP contribution in [0, 0.1) is 12.3 Å². The van der Waals surface area contributed by atoms with Crippen LogP contribution in [-0.4, -0.2) is 71.6 Å². The zero-order valence-corrected chi connectivity index (χ0v) is 22.4. The molecule has 0 unspecified atom stereocenters. The second kappa shape index (κ2) is 10.3. The van der Waals surface area contributed by atoms with E-state index in [0.29, 0.717) is 28.6 Å². The van der Waals surface area contributed by atoms with Crippen LogP contribution in [0.1, 0.15) is 36.1 Å². The fourth-order valence-electron chi connectivity index (χ4n) is 4.67. The summed E-state index contributed by atoms with van der Waals surface area (Å²) >= 11 is 1.50. The molecule has 0 radical (unpaired) electrons. The fourth-order valence-corrected chi connectivity index (χ4v) is 5.77. The van der Waals surface area contributed by atoms with Gasteiger partial charge in [0.2, 0.25) is 0 Å². The first kappa shape index (κ1) is 24.9. The second-order valence-corrected chi connectivity index (χ2v) is 10.2. The average Bonchev–Trinajstić information content (AvgIpc) is 3.25. The Kier molecular flexibility index (Phi) is 6.96. The highest BCUT2D eigenvalue weighted by molar-refractivity contribution is 7.21. The summed E-state index contributed by atoms with van der Waals surface area (Å²) < 4.78 is 1.05. The minimum Gasteiger partial charge on any atom is -0.381 e. The number of hydrogen-bond acceptors (Lipinski definition) is 8. The smallest absolute Gasteiger partial charge is 0.263 e. The SMILES string of the molecule is C#Cc1cc(N2CCN(C)CC2)nc(-c2ccc3c(ccc4sc5c(c43)NC[C@@H](C)NC5=O)n2)n1.CC. The first-order valence-corrected chi connectivity index (χ1v) is 13.5. The molecule has 2 aliphatic rings. The maximum atomic E-state index is 12.7. The Morgan fingerprint density at radius 1 is 1.08 bits per heavy atom. The molecular weight excluding hydrogens is 482 g/mol. The predicted molar refractivity (Wildman–Crippen MR) is 153 cm³/mol. The van der Waals surface area contributed by atoms with Gasteiger partial charge in [-0.3, -0.25) is 4.79 Å². The van der Waals surface area contributed by atoms with Gasteiger partial charge in [0.1, 0.15) is 22.1 Å². The van der Waals surface area contributed by atoms with Crippen LogP contribution in [0.15, 0.2) is 30.3 Å². The average molecular weight is 514 g/mol. The number of thiophene rings is 1. The van der Waals surface area contributed by atoms with Gasteiger partial charge in [0, 0.05) is 60.3 Å². The van der Waals surface area contributed by atoms with Gasteiger partial charge in [0.25, 0.3) is 5.91 Å². The van der Waals surface area contributed by atoms with E-state index in [-0.39, 0.29) is 11.9 Å². The molecule has 0 aliphatic carbocycles. The Labute approximate surface area is 221 Å². The summed E-state index contributed by atoms with van der Waals surface area (Å²) in [5.41, 5.74) is 2.93. The molecule has 1 amide bonds. The summed E-state index contributed by atoms with van der Waals surface area (Å²) in [7, 11) is 2.13. The first-order valence-electron chi connectivity index (χ1n) is 12.7. The first-order chi connectivity index (χ1) is 18.0. The summed E-state index contributed by atoms with van der Waals surface area (Å²) in [6.45, 7) is 10.4. The van der Waals surface area contributed by atoms with Crippen LogP contribution in [0.4, 0.5) is 11.5 Å². The largest absolute Gasteiger partial charge is 0.381 e. The number of terminal acetylenes is 1. The van der Waals surface area contributed by atoms with Gasteiger partial charge in [0.05, 0.1) is 11.2 Å². The monoisotopic (exact) mass is 513 g/mol. The van der Waals surface area contributed by atoms with E-state index in [0.717, 1.165) is 58.7 Å². The highest BCUT2D eigenvalue weighted by Crippen LogP contribution is 2.41. The molecule has 1 aromatic carbocycles. The summed E-state index contributed by atoms with van der Waals surface area (Å²) in [5, 5.41) is 8.53. The molecule has 190 valence electrons. The van der Waals surface area contributed by atoms with E-state index < -0.39 is 0 Å². The van der Waals surface area contributed by atoms with Gasteiger partial charge in [0.15, 0.2) is 5.82 Å². The summed E-state index contributed by atoms with van der Waals surface area (Å²) in [6.07, 6.45) is 5.73. The van der Waals surface area contributed by atoms with Gasteiger partial charge in [-0.05, 0) is 38.2 Å². The van der Waals surface area contributed by atoms with Crippen molar-refractivity contribution in [2.75, 3.05) is 50.0 Å². The molecule has 1 fully saturated rings. The molecule has 0 spiro atoms. The summed E-state index contributed by atoms with van der Waals surface area (Å²) in [5.74, 6) is 3.99. The second-order valence-electron chi connectivity index (χ2n) is 9.13. The normalized spacial score (nSPS) is 17.8. The number of nitrogens with one attached hydrogen (secondary N) is 2. The van der Waals surface area contributed by atoms with E-state index in [4.69, 9.17) is 16.4 Å². The molecule has 1 saturated heterocycles. The van der Waals surface area contributed by atoms with E-state index in [1.165, 1.54) is 11.3 Å². The number of likely N-dealkylation sites (N-methyl/N-ethyl adjacent to an activating group) is 1. The van der Waals surface area contributed by atoms with Crippen LogP contribution >= 0.6 is 11.3 Å². The number of carbonyl (C=O) groups is 1. The molecule has 3 aromatic heterocycles. The quantitative estimate of drug-likeness (QED) is 0.388. The molecule has 2 N–H and O–H groups in total. The van der Waals surface area contributed by atoms with Crippen molar-refractivity contribution in [1.29, 1.82) is 0 Å². The third-order valence-electron chi connectivity index (χ3n) is 6.61. The van der Waals surface area contributed by atoms with E-state index in [9.17, 15) is 4.79 Å². The van der Waals surface area contributed by atoms with E-state index in [2.05, 4.69) is 38.4 Å². The lowest BCUT2D eigenvalue weighted by atomic mass is 10.1. The number of hydrogen-bond donors (Lipinski definition) is 2. The molecule has 6 rings (SSSR count). The van der Waals surface area contributed by atoms with Crippen LogP contribution in [0.2, 0.25) is 0 Å². The standard InChI is InChI=1S/C26H25N7OS.C2H6/c1-4-16-13-21(33-11-9-32(3)10-12-33)31-25(29-16)19-6-5-17-18(30-19)7-8-20-22(17)23-24(35-20)26(34)28-15(2)14-27-23;1-2/h1,5-8,13,15,27H,9-12,14H2,2-3H3,(H,28,34);1-2H3/t15-;/m1./s1. The number of piperazine rings is 1. The van der Waals surface area contributed by atoms with Crippen LogP contribution in [-0.2, 0) is 0 Å². The van der Waals surface area contributed by atoms with Crippen molar-refractivity contribution < 1.29 is 4.79 Å². The minimum atomic E-state index is -0.0348. The highest BCUT2D eigenvalue weighted by atomic mass is 32.1. The van der Waals surface area contributed by atoms with Crippen molar-refractivity contribution in [3.63, 3.8) is 0 Å². The van der Waals surface area contributed by atoms with Gasteiger partial charge in [-0.15, -0.1) is 17.8 Å². The Morgan fingerprint density at radius 2 is 1.86 bits per heavy atom. The minimum absolute atomic E-state index is 0.0348. The molecule has 5 heterocycles. The number of anilines is 2. The van der Waals surface area contributed by atoms with Crippen molar-refractivity contribution in [1.82, 2.24) is 25.2 Å². The van der Waals surface area contributed by atoms with Crippen LogP contribution < -0.4 is 15.5 Å². The zero-order valence-electron chi connectivity index (χ0n) is 21.6. The van der Waals surface area contributed by atoms with Crippen LogP contribution in [0.5, 0.6) is 0 Å². The van der Waals surface area contributed by atoms with E-state index in [1.807, 2.05) is 51.1 Å². The molecule has 4 aromatic rings. The maximum absolute atomic E-state index is 12.7. The molecule has 0 saturated carbocycles. The van der Waals surface area contributed by atoms with E-state index in [1.54, 1.807) is 0 Å². The Morgan fingerprint density at radius 3 is 2.62 bits per heavy atom. The third-order valence-corrected chi connectivity index (χ3v) is 7.76. The third kappa shape index (κ3) is 4.70. The number of nitrogens with zero attached hydrogens (tertiary/aromatic N) is 5. The molecule has 9 heteroatoms. The van der Waals surface area contributed by atoms with Crippen molar-refractivity contribution in [3.8, 4) is 23.9 Å². The zero-order chi connectivity index (χ0) is 26.1. The molecule has 2 aliphatic heterocycles. The number of rotatable bonds is 2. The molecule has 8 nitrogen and oxygen atoms in total. The lowest BCUT2D eigenvalue weighted by molar-refractivity contribution is 0.0949. The van der Waals surface area contributed by atoms with Gasteiger partial charge < -0.3 is 20.4 Å². The number of amides is 1. The molecule has 0 bridgehead atoms. The molecule has 37 heavy (non-hydrogen) atoms. The summed E-state index contributed by atoms with van der Waals surface area (Å²) in [4.78, 5) is 32.3. The highest BCUT2D eigenvalue weighted by Gasteiger charge is 2.25. The Hall–Kier alpha value is -3.74. The summed E-state index contributed by atoms with van der Waals surface area (Å²) in [6, 6.07) is 9.94. The van der Waals surface area contributed by atoms with Gasteiger partial charge in [-0.2, -0.15) is 0 Å². The van der Waals surface area contributed by atoms with Gasteiger partial charge in [-0.25, -0.2) is 15.0 Å². The number of benzene rings is 1. The number of pyridine rings is 1. The number of aromatic nitrogens is 3. The predicted octanol–water partition coefficient (Wildman–Crippen LogP) is 4.21. The number of carbonyl (C=O) groups excluding carboxylic acids is 1. The topological polar surface area (TPSA) is 86.3 Å². The maximum Gasteiger partial charge on any atom is 0.263 e. The van der Waals surface area contributed by atoms with Crippen LogP contribution in [0.3, 0.4) is 0 Å². The van der Waals surface area contributed by atoms with Gasteiger partial charge >= 0.3 is 0 Å².